The van der Waals surface area contributed by atoms with Gasteiger partial charge in [0.1, 0.15) is 0 Å². The van der Waals surface area contributed by atoms with Crippen molar-refractivity contribution in [3.8, 4) is 0 Å². The molecule has 30 heavy (non-hydrogen) atoms. The van der Waals surface area contributed by atoms with Crippen molar-refractivity contribution in [2.75, 3.05) is 23.9 Å². The van der Waals surface area contributed by atoms with Crippen LogP contribution < -0.4 is 9.62 Å². The quantitative estimate of drug-likeness (QED) is 0.575. The molecule has 1 aliphatic heterocycles. The second-order valence-corrected chi connectivity index (χ2v) is 10.2. The number of hydrogen-bond acceptors (Lipinski definition) is 3. The zero-order chi connectivity index (χ0) is 21.8. The first-order valence-corrected chi connectivity index (χ1v) is 12.6. The number of hydrogen-bond donors (Lipinski definition) is 1. The van der Waals surface area contributed by atoms with Gasteiger partial charge in [0, 0.05) is 13.6 Å². The zero-order valence-electron chi connectivity index (χ0n) is 18.3. The summed E-state index contributed by atoms with van der Waals surface area (Å²) < 4.78 is 17.1. The van der Waals surface area contributed by atoms with E-state index in [9.17, 15) is 4.21 Å². The summed E-state index contributed by atoms with van der Waals surface area (Å²) >= 11 is 13.2. The van der Waals surface area contributed by atoms with Gasteiger partial charge in [-0.25, -0.2) is 4.21 Å². The van der Waals surface area contributed by atoms with Crippen molar-refractivity contribution in [3.63, 3.8) is 0 Å². The molecule has 1 unspecified atom stereocenters. The van der Waals surface area contributed by atoms with E-state index in [1.165, 1.54) is 19.3 Å². The molecule has 1 aromatic heterocycles. The molecule has 8 heteroatoms. The highest BCUT2D eigenvalue weighted by molar-refractivity contribution is 7.86. The Kier molecular flexibility index (Phi) is 8.24. The Bertz CT molecular complexity index is 886. The molecule has 0 amide bonds. The number of rotatable bonds is 8. The average molecular weight is 471 g/mol. The molecule has 166 valence electrons. The minimum absolute atomic E-state index is 0.468. The molecule has 1 saturated heterocycles. The smallest absolute Gasteiger partial charge is 0.156 e. The van der Waals surface area contributed by atoms with Gasteiger partial charge in [-0.1, -0.05) is 29.6 Å². The lowest BCUT2D eigenvalue weighted by atomic mass is 9.92. The fourth-order valence-electron chi connectivity index (χ4n) is 4.28. The van der Waals surface area contributed by atoms with Crippen molar-refractivity contribution in [2.45, 2.75) is 57.8 Å². The van der Waals surface area contributed by atoms with E-state index in [1.54, 1.807) is 4.68 Å². The summed E-state index contributed by atoms with van der Waals surface area (Å²) in [5.74, 6) is 0.813. The fourth-order valence-corrected chi connectivity index (χ4v) is 6.55. The largest absolute Gasteiger partial charge is 0.317 e. The van der Waals surface area contributed by atoms with Gasteiger partial charge in [0.05, 0.1) is 32.0 Å². The van der Waals surface area contributed by atoms with Gasteiger partial charge in [-0.15, -0.1) is 0 Å². The molecule has 1 N–H and O–H groups in total. The summed E-state index contributed by atoms with van der Waals surface area (Å²) in [6.07, 6.45) is 5.82. The number of nitrogens with one attached hydrogen (secondary N) is 1. The Morgan fingerprint density at radius 1 is 1.23 bits per heavy atom. The van der Waals surface area contributed by atoms with Crippen LogP contribution in [-0.2, 0) is 24.5 Å². The summed E-state index contributed by atoms with van der Waals surface area (Å²) in [5, 5.41) is 8.81. The second kappa shape index (κ2) is 10.5. The Hall–Kier alpha value is -1.08. The lowest BCUT2D eigenvalue weighted by molar-refractivity contribution is 0.347. The molecule has 2 aromatic rings. The van der Waals surface area contributed by atoms with Crippen LogP contribution in [0.4, 0.5) is 5.69 Å². The molecular weight excluding hydrogens is 439 g/mol. The van der Waals surface area contributed by atoms with E-state index in [1.807, 2.05) is 44.3 Å². The van der Waals surface area contributed by atoms with Gasteiger partial charge >= 0.3 is 0 Å². The van der Waals surface area contributed by atoms with Gasteiger partial charge in [-0.3, -0.25) is 8.99 Å². The predicted molar refractivity (Wildman–Crippen MR) is 127 cm³/mol. The van der Waals surface area contributed by atoms with E-state index < -0.39 is 11.0 Å². The molecule has 1 aromatic carbocycles. The van der Waals surface area contributed by atoms with Gasteiger partial charge in [0.25, 0.3) is 0 Å². The first kappa shape index (κ1) is 23.6. The van der Waals surface area contributed by atoms with Crippen LogP contribution in [0.1, 0.15) is 49.6 Å². The van der Waals surface area contributed by atoms with Crippen molar-refractivity contribution >= 4 is 39.9 Å². The van der Waals surface area contributed by atoms with E-state index in [0.717, 1.165) is 54.5 Å². The third-order valence-electron chi connectivity index (χ3n) is 5.98. The Morgan fingerprint density at radius 2 is 1.87 bits per heavy atom. The highest BCUT2D eigenvalue weighted by Crippen LogP contribution is 2.35. The molecule has 0 spiro atoms. The molecule has 5 nitrogen and oxygen atoms in total. The van der Waals surface area contributed by atoms with E-state index in [4.69, 9.17) is 23.2 Å². The molecule has 0 aliphatic carbocycles. The normalized spacial score (nSPS) is 16.1. The highest BCUT2D eigenvalue weighted by atomic mass is 35.5. The lowest BCUT2D eigenvalue weighted by Crippen LogP contribution is -2.27. The van der Waals surface area contributed by atoms with Gasteiger partial charge in [0.2, 0.25) is 0 Å². The Labute approximate surface area is 192 Å². The monoisotopic (exact) mass is 470 g/mol. The van der Waals surface area contributed by atoms with Gasteiger partial charge in [-0.2, -0.15) is 5.10 Å². The molecular formula is C22H32Cl2N4OS. The number of piperidine rings is 1. The van der Waals surface area contributed by atoms with Crippen molar-refractivity contribution in [1.29, 1.82) is 0 Å². The number of aryl methyl sites for hydroxylation is 3. The number of nitrogens with zero attached hydrogens (tertiary/aromatic N) is 3. The van der Waals surface area contributed by atoms with E-state index >= 15 is 0 Å². The fraction of sp³-hybridized carbons (Fsp3) is 0.591. The van der Waals surface area contributed by atoms with Crippen LogP contribution in [0.25, 0.3) is 0 Å². The summed E-state index contributed by atoms with van der Waals surface area (Å²) in [5.41, 5.74) is 3.78. The summed E-state index contributed by atoms with van der Waals surface area (Å²) in [7, 11) is 0.379. The predicted octanol–water partition coefficient (Wildman–Crippen LogP) is 5.22. The van der Waals surface area contributed by atoms with Gasteiger partial charge in [-0.05, 0) is 83.2 Å². The molecule has 1 fully saturated rings. The van der Waals surface area contributed by atoms with Crippen LogP contribution in [-0.4, -0.2) is 33.6 Å². The summed E-state index contributed by atoms with van der Waals surface area (Å²) in [6, 6.07) is 3.86. The van der Waals surface area contributed by atoms with Crippen LogP contribution >= 0.6 is 23.2 Å². The van der Waals surface area contributed by atoms with Gasteiger partial charge in [0.15, 0.2) is 11.0 Å². The maximum atomic E-state index is 13.5. The van der Waals surface area contributed by atoms with Crippen molar-refractivity contribution in [3.05, 3.63) is 39.1 Å². The second-order valence-electron chi connectivity index (χ2n) is 8.06. The summed E-state index contributed by atoms with van der Waals surface area (Å²) in [6.45, 7) is 8.70. The minimum atomic E-state index is -1.51. The molecule has 0 saturated carbocycles. The molecule has 1 aliphatic rings. The first-order valence-electron chi connectivity index (χ1n) is 10.7. The van der Waals surface area contributed by atoms with Crippen molar-refractivity contribution in [2.24, 2.45) is 13.0 Å². The van der Waals surface area contributed by atoms with Crippen LogP contribution in [0.2, 0.25) is 10.0 Å². The number of anilines is 1. The average Bonchev–Trinajstić information content (AvgIpc) is 2.95. The molecule has 3 rings (SSSR count). The number of benzene rings is 1. The standard InChI is InChI=1S/C22H32Cl2N4OS/c1-5-28(21-15(2)26-27(4)16(21)3)30(29)22-19(23)13-18(14-20(22)24)8-6-7-17-9-11-25-12-10-17/h13-14,17,25H,5-12H2,1-4H3. The van der Waals surface area contributed by atoms with Gasteiger partial charge < -0.3 is 5.32 Å². The van der Waals surface area contributed by atoms with E-state index in [-0.39, 0.29) is 0 Å². The number of aromatic nitrogens is 2. The van der Waals surface area contributed by atoms with Crippen molar-refractivity contribution in [1.82, 2.24) is 15.1 Å². The van der Waals surface area contributed by atoms with Crippen LogP contribution in [0.3, 0.4) is 0 Å². The SMILES string of the molecule is CCN(c1c(C)nn(C)c1C)S(=O)c1c(Cl)cc(CCCC2CCNCC2)cc1Cl. The Balaban J connectivity index is 1.75. The Morgan fingerprint density at radius 3 is 2.40 bits per heavy atom. The molecule has 1 atom stereocenters. The van der Waals surface area contributed by atoms with Crippen LogP contribution in [0.15, 0.2) is 17.0 Å². The van der Waals surface area contributed by atoms with Crippen molar-refractivity contribution < 1.29 is 4.21 Å². The highest BCUT2D eigenvalue weighted by Gasteiger charge is 2.25. The van der Waals surface area contributed by atoms with E-state index in [2.05, 4.69) is 10.4 Å². The third kappa shape index (κ3) is 5.21. The zero-order valence-corrected chi connectivity index (χ0v) is 20.6. The lowest BCUT2D eigenvalue weighted by Gasteiger charge is -2.24. The van der Waals surface area contributed by atoms with E-state index in [0.29, 0.717) is 21.5 Å². The maximum Gasteiger partial charge on any atom is 0.156 e. The van der Waals surface area contributed by atoms with Crippen LogP contribution in [0.5, 0.6) is 0 Å². The first-order chi connectivity index (χ1) is 14.3. The molecule has 0 bridgehead atoms. The topological polar surface area (TPSA) is 50.2 Å². The summed E-state index contributed by atoms with van der Waals surface area (Å²) in [4.78, 5) is 0.477. The molecule has 0 radical (unpaired) electrons. The van der Waals surface area contributed by atoms with Crippen LogP contribution in [0, 0.1) is 19.8 Å². The molecule has 2 heterocycles. The number of halogens is 2. The maximum absolute atomic E-state index is 13.5. The minimum Gasteiger partial charge on any atom is -0.317 e. The third-order valence-corrected chi connectivity index (χ3v) is 8.43.